The largest absolute Gasteiger partial charge is 0.419 e. The predicted octanol–water partition coefficient (Wildman–Crippen LogP) is 8.45. The van der Waals surface area contributed by atoms with Crippen molar-refractivity contribution in [1.29, 1.82) is 0 Å². The summed E-state index contributed by atoms with van der Waals surface area (Å²) in [5.41, 5.74) is 2.36. The van der Waals surface area contributed by atoms with Gasteiger partial charge < -0.3 is 0 Å². The monoisotopic (exact) mass is 476 g/mol. The Hall–Kier alpha value is -1.62. The van der Waals surface area contributed by atoms with Crippen molar-refractivity contribution in [3.05, 3.63) is 59.4 Å². The third-order valence-electron chi connectivity index (χ3n) is 8.43. The fourth-order valence-corrected chi connectivity index (χ4v) is 7.46. The first-order valence-electron chi connectivity index (χ1n) is 12.8. The molecule has 2 aliphatic carbocycles. The lowest BCUT2D eigenvalue weighted by atomic mass is 9.70. The van der Waals surface area contributed by atoms with Gasteiger partial charge in [0, 0.05) is 9.52 Å². The molecule has 0 aliphatic heterocycles. The molecule has 0 saturated heterocycles. The molecule has 0 amide bonds. The summed E-state index contributed by atoms with van der Waals surface area (Å²) in [6.07, 6.45) is 9.06. The number of benzene rings is 2. The zero-order valence-corrected chi connectivity index (χ0v) is 21.1. The maximum Gasteiger partial charge on any atom is 0.419 e. The number of hydrogen-bond acceptors (Lipinski definition) is 0. The van der Waals surface area contributed by atoms with Crippen LogP contribution in [-0.4, -0.2) is 9.52 Å². The lowest BCUT2D eigenvalue weighted by Gasteiger charge is -2.37. The van der Waals surface area contributed by atoms with Crippen molar-refractivity contribution in [2.75, 3.05) is 0 Å². The van der Waals surface area contributed by atoms with Crippen LogP contribution in [0.4, 0.5) is 17.6 Å². The second-order valence-electron chi connectivity index (χ2n) is 10.4. The highest BCUT2D eigenvalue weighted by Crippen LogP contribution is 2.43. The third kappa shape index (κ3) is 6.29. The summed E-state index contributed by atoms with van der Waals surface area (Å²) in [4.78, 5) is 0. The van der Waals surface area contributed by atoms with Crippen molar-refractivity contribution in [2.24, 2.45) is 17.8 Å². The van der Waals surface area contributed by atoms with Gasteiger partial charge in [-0.1, -0.05) is 80.9 Å². The first-order valence-corrected chi connectivity index (χ1v) is 15.0. The second-order valence-corrected chi connectivity index (χ2v) is 12.4. The standard InChI is InChI=1S/C28H36F4Si/c1-33-25-15-12-22(13-16-25)21-8-4-19(5-9-21)2-3-20-6-10-23(11-7-20)24-14-17-26(27(29)18-24)28(30,31)32/h6-7,10-11,14,17-19,21-22,25H,2-5,8-9,12-13,15-16,33H2,1H3. The molecule has 2 saturated carbocycles. The van der Waals surface area contributed by atoms with E-state index in [1.54, 1.807) is 0 Å². The Morgan fingerprint density at radius 2 is 1.36 bits per heavy atom. The Kier molecular flexibility index (Phi) is 7.98. The molecule has 0 aromatic heterocycles. The minimum atomic E-state index is -4.67. The van der Waals surface area contributed by atoms with Crippen LogP contribution in [0.3, 0.4) is 0 Å². The molecule has 2 aromatic rings. The molecule has 180 valence electrons. The summed E-state index contributed by atoms with van der Waals surface area (Å²) in [5.74, 6) is 1.54. The smallest absolute Gasteiger partial charge is 0.206 e. The van der Waals surface area contributed by atoms with Crippen LogP contribution in [0, 0.1) is 23.6 Å². The minimum absolute atomic E-state index is 0.192. The Morgan fingerprint density at radius 1 is 0.788 bits per heavy atom. The molecule has 0 radical (unpaired) electrons. The van der Waals surface area contributed by atoms with Gasteiger partial charge in [0.25, 0.3) is 0 Å². The first kappa shape index (κ1) is 24.5. The SMILES string of the molecule is C[SiH2]C1CCC(C2CCC(CCc3ccc(-c4ccc(C(F)(F)F)c(F)c4)cc3)CC2)CC1. The lowest BCUT2D eigenvalue weighted by Crippen LogP contribution is -2.25. The average molecular weight is 477 g/mol. The van der Waals surface area contributed by atoms with Gasteiger partial charge in [-0.15, -0.1) is 0 Å². The Balaban J connectivity index is 1.25. The highest BCUT2D eigenvalue weighted by atomic mass is 28.2. The summed E-state index contributed by atoms with van der Waals surface area (Å²) < 4.78 is 52.2. The molecule has 0 heterocycles. The maximum absolute atomic E-state index is 13.9. The van der Waals surface area contributed by atoms with E-state index < -0.39 is 17.6 Å². The van der Waals surface area contributed by atoms with Gasteiger partial charge in [0.2, 0.25) is 0 Å². The summed E-state index contributed by atoms with van der Waals surface area (Å²) >= 11 is 0. The molecule has 0 spiro atoms. The predicted molar refractivity (Wildman–Crippen MR) is 131 cm³/mol. The van der Waals surface area contributed by atoms with E-state index in [9.17, 15) is 17.6 Å². The summed E-state index contributed by atoms with van der Waals surface area (Å²) in [6, 6.07) is 11.0. The molecule has 33 heavy (non-hydrogen) atoms. The van der Waals surface area contributed by atoms with Crippen molar-refractivity contribution >= 4 is 9.52 Å². The van der Waals surface area contributed by atoms with E-state index in [0.717, 1.165) is 47.4 Å². The fourth-order valence-electron chi connectivity index (χ4n) is 6.18. The molecule has 0 N–H and O–H groups in total. The van der Waals surface area contributed by atoms with Crippen LogP contribution in [0.2, 0.25) is 12.1 Å². The van der Waals surface area contributed by atoms with Crippen LogP contribution in [0.15, 0.2) is 42.5 Å². The Labute approximate surface area is 198 Å². The quantitative estimate of drug-likeness (QED) is 0.290. The molecular formula is C28H36F4Si. The van der Waals surface area contributed by atoms with Crippen LogP contribution >= 0.6 is 0 Å². The van der Waals surface area contributed by atoms with Gasteiger partial charge in [-0.25, -0.2) is 4.39 Å². The second kappa shape index (κ2) is 10.8. The van der Waals surface area contributed by atoms with Crippen molar-refractivity contribution in [3.8, 4) is 11.1 Å². The van der Waals surface area contributed by atoms with Crippen LogP contribution in [0.25, 0.3) is 11.1 Å². The highest BCUT2D eigenvalue weighted by Gasteiger charge is 2.34. The van der Waals surface area contributed by atoms with Crippen molar-refractivity contribution in [1.82, 2.24) is 0 Å². The van der Waals surface area contributed by atoms with Gasteiger partial charge in [-0.3, -0.25) is 0 Å². The molecule has 2 aliphatic rings. The van der Waals surface area contributed by atoms with Crippen LogP contribution in [0.1, 0.15) is 68.9 Å². The molecule has 0 bridgehead atoms. The van der Waals surface area contributed by atoms with Crippen molar-refractivity contribution < 1.29 is 17.6 Å². The van der Waals surface area contributed by atoms with E-state index in [1.807, 2.05) is 24.3 Å². The maximum atomic E-state index is 13.9. The van der Waals surface area contributed by atoms with Gasteiger partial charge in [0.1, 0.15) is 5.82 Å². The van der Waals surface area contributed by atoms with Crippen LogP contribution in [0.5, 0.6) is 0 Å². The third-order valence-corrected chi connectivity index (χ3v) is 10.4. The van der Waals surface area contributed by atoms with Gasteiger partial charge in [-0.2, -0.15) is 13.2 Å². The molecule has 0 unspecified atom stereocenters. The summed E-state index contributed by atoms with van der Waals surface area (Å²) in [5, 5.41) is 0. The Bertz CT molecular complexity index is 889. The van der Waals surface area contributed by atoms with Crippen LogP contribution in [-0.2, 0) is 12.6 Å². The van der Waals surface area contributed by atoms with E-state index in [-0.39, 0.29) is 9.52 Å². The van der Waals surface area contributed by atoms with Crippen LogP contribution < -0.4 is 0 Å². The molecule has 5 heteroatoms. The normalized spacial score (nSPS) is 26.7. The molecule has 0 nitrogen and oxygen atoms in total. The molecule has 0 atom stereocenters. The van der Waals surface area contributed by atoms with E-state index in [1.165, 1.54) is 69.4 Å². The molecule has 4 rings (SSSR count). The zero-order valence-electron chi connectivity index (χ0n) is 19.6. The topological polar surface area (TPSA) is 0 Å². The summed E-state index contributed by atoms with van der Waals surface area (Å²) in [6.45, 7) is 2.47. The average Bonchev–Trinajstić information content (AvgIpc) is 2.82. The molecular weight excluding hydrogens is 440 g/mol. The van der Waals surface area contributed by atoms with E-state index >= 15 is 0 Å². The minimum Gasteiger partial charge on any atom is -0.206 e. The number of rotatable bonds is 6. The first-order chi connectivity index (χ1) is 15.8. The van der Waals surface area contributed by atoms with E-state index in [4.69, 9.17) is 0 Å². The highest BCUT2D eigenvalue weighted by molar-refractivity contribution is 6.35. The number of halogens is 4. The number of alkyl halides is 3. The molecule has 2 aromatic carbocycles. The van der Waals surface area contributed by atoms with Gasteiger partial charge >= 0.3 is 6.18 Å². The van der Waals surface area contributed by atoms with Crippen molar-refractivity contribution in [3.63, 3.8) is 0 Å². The fraction of sp³-hybridized carbons (Fsp3) is 0.571. The van der Waals surface area contributed by atoms with Gasteiger partial charge in [0.15, 0.2) is 0 Å². The number of aryl methyl sites for hydroxylation is 1. The van der Waals surface area contributed by atoms with Gasteiger partial charge in [-0.05, 0) is 72.3 Å². The Morgan fingerprint density at radius 3 is 1.91 bits per heavy atom. The summed E-state index contributed by atoms with van der Waals surface area (Å²) in [7, 11) is 0.192. The van der Waals surface area contributed by atoms with Gasteiger partial charge in [0.05, 0.1) is 5.56 Å². The zero-order chi connectivity index (χ0) is 23.4. The molecule has 2 fully saturated rings. The van der Waals surface area contributed by atoms with E-state index in [0.29, 0.717) is 5.56 Å². The lowest BCUT2D eigenvalue weighted by molar-refractivity contribution is -0.139. The van der Waals surface area contributed by atoms with Crippen molar-refractivity contribution in [2.45, 2.75) is 82.5 Å². The van der Waals surface area contributed by atoms with E-state index in [2.05, 4.69) is 6.55 Å². The number of hydrogen-bond donors (Lipinski definition) is 0.